The predicted octanol–water partition coefficient (Wildman–Crippen LogP) is 2.06. The highest BCUT2D eigenvalue weighted by atomic mass is 16.5. The molecule has 0 aliphatic heterocycles. The Balaban J connectivity index is 2.27. The first kappa shape index (κ1) is 13.2. The van der Waals surface area contributed by atoms with E-state index in [9.17, 15) is 0 Å². The van der Waals surface area contributed by atoms with Crippen molar-refractivity contribution in [2.24, 2.45) is 17.7 Å². The molecule has 1 fully saturated rings. The molecule has 1 saturated carbocycles. The molecule has 5 nitrogen and oxygen atoms in total. The smallest absolute Gasteiger partial charge is 0.160 e. The minimum absolute atomic E-state index is 0.00390. The molecule has 100 valence electrons. The number of hydrogen-bond acceptors (Lipinski definition) is 5. The standard InChI is InChI=1S/C13H22N4O/c1-8(2)6-10-7-11(17-14)16-13(15-10)12(18-3)9-4-5-9/h7-9,12H,4-6,14H2,1-3H3,(H,15,16,17). The van der Waals surface area contributed by atoms with Crippen LogP contribution < -0.4 is 11.3 Å². The Morgan fingerprint density at radius 1 is 1.44 bits per heavy atom. The lowest BCUT2D eigenvalue weighted by Crippen LogP contribution is -2.16. The SMILES string of the molecule is COC(c1nc(CC(C)C)cc(NN)n1)C1CC1. The Bertz CT molecular complexity index is 404. The number of anilines is 1. The van der Waals surface area contributed by atoms with E-state index < -0.39 is 0 Å². The Hall–Kier alpha value is -1.20. The van der Waals surface area contributed by atoms with Crippen molar-refractivity contribution in [3.05, 3.63) is 17.6 Å². The number of nitrogens with two attached hydrogens (primary N) is 1. The van der Waals surface area contributed by atoms with Crippen LogP contribution in [0.25, 0.3) is 0 Å². The number of ether oxygens (including phenoxy) is 1. The highest BCUT2D eigenvalue weighted by Crippen LogP contribution is 2.42. The Kier molecular flexibility index (Phi) is 4.14. The minimum Gasteiger partial charge on any atom is -0.373 e. The van der Waals surface area contributed by atoms with E-state index in [0.717, 1.165) is 17.9 Å². The van der Waals surface area contributed by atoms with Gasteiger partial charge in [0.25, 0.3) is 0 Å². The average Bonchev–Trinajstić information content (AvgIpc) is 3.13. The van der Waals surface area contributed by atoms with Crippen molar-refractivity contribution < 1.29 is 4.74 Å². The van der Waals surface area contributed by atoms with Crippen LogP contribution in [0.4, 0.5) is 5.82 Å². The van der Waals surface area contributed by atoms with E-state index in [4.69, 9.17) is 10.6 Å². The molecule has 0 aromatic carbocycles. The van der Waals surface area contributed by atoms with Gasteiger partial charge < -0.3 is 10.2 Å². The van der Waals surface area contributed by atoms with Crippen molar-refractivity contribution in [1.82, 2.24) is 9.97 Å². The van der Waals surface area contributed by atoms with E-state index >= 15 is 0 Å². The summed E-state index contributed by atoms with van der Waals surface area (Å²) in [6.07, 6.45) is 3.32. The lowest BCUT2D eigenvalue weighted by atomic mass is 10.1. The fourth-order valence-corrected chi connectivity index (χ4v) is 2.15. The molecule has 1 unspecified atom stereocenters. The number of nitrogens with zero attached hydrogens (tertiary/aromatic N) is 2. The molecule has 0 spiro atoms. The third-order valence-corrected chi connectivity index (χ3v) is 3.12. The predicted molar refractivity (Wildman–Crippen MR) is 70.9 cm³/mol. The zero-order chi connectivity index (χ0) is 13.1. The third kappa shape index (κ3) is 3.17. The number of aromatic nitrogens is 2. The number of nitrogens with one attached hydrogen (secondary N) is 1. The van der Waals surface area contributed by atoms with Gasteiger partial charge in [0.05, 0.1) is 0 Å². The maximum Gasteiger partial charge on any atom is 0.160 e. The van der Waals surface area contributed by atoms with Crippen LogP contribution in [0.15, 0.2) is 6.07 Å². The molecular weight excluding hydrogens is 228 g/mol. The minimum atomic E-state index is 0.00390. The van der Waals surface area contributed by atoms with E-state index in [1.165, 1.54) is 12.8 Å². The second-order valence-corrected chi connectivity index (χ2v) is 5.34. The van der Waals surface area contributed by atoms with Gasteiger partial charge in [0.1, 0.15) is 11.9 Å². The van der Waals surface area contributed by atoms with E-state index in [1.807, 2.05) is 6.07 Å². The molecule has 1 aromatic rings. The highest BCUT2D eigenvalue weighted by Gasteiger charge is 2.34. The highest BCUT2D eigenvalue weighted by molar-refractivity contribution is 5.35. The number of nitrogen functional groups attached to an aromatic ring is 1. The molecule has 0 radical (unpaired) electrons. The molecule has 18 heavy (non-hydrogen) atoms. The lowest BCUT2D eigenvalue weighted by molar-refractivity contribution is 0.0771. The van der Waals surface area contributed by atoms with Gasteiger partial charge in [-0.25, -0.2) is 15.8 Å². The molecule has 1 atom stereocenters. The molecule has 0 bridgehead atoms. The van der Waals surface area contributed by atoms with Crippen LogP contribution in [0.5, 0.6) is 0 Å². The molecular formula is C13H22N4O. The summed E-state index contributed by atoms with van der Waals surface area (Å²) < 4.78 is 5.53. The summed E-state index contributed by atoms with van der Waals surface area (Å²) in [5, 5.41) is 0. The second kappa shape index (κ2) is 5.63. The molecule has 1 heterocycles. The zero-order valence-electron chi connectivity index (χ0n) is 11.3. The van der Waals surface area contributed by atoms with Gasteiger partial charge in [0, 0.05) is 18.9 Å². The first-order valence-electron chi connectivity index (χ1n) is 6.51. The molecule has 1 aliphatic rings. The van der Waals surface area contributed by atoms with Crippen LogP contribution >= 0.6 is 0 Å². The van der Waals surface area contributed by atoms with Gasteiger partial charge in [-0.2, -0.15) is 0 Å². The topological polar surface area (TPSA) is 73.1 Å². The van der Waals surface area contributed by atoms with E-state index in [1.54, 1.807) is 7.11 Å². The zero-order valence-corrected chi connectivity index (χ0v) is 11.3. The molecule has 0 amide bonds. The summed E-state index contributed by atoms with van der Waals surface area (Å²) in [5.41, 5.74) is 3.63. The fourth-order valence-electron chi connectivity index (χ4n) is 2.15. The largest absolute Gasteiger partial charge is 0.373 e. The normalized spacial score (nSPS) is 16.9. The summed E-state index contributed by atoms with van der Waals surface area (Å²) in [6, 6.07) is 1.91. The maximum atomic E-state index is 5.53. The Labute approximate surface area is 108 Å². The number of hydrogen-bond donors (Lipinski definition) is 2. The summed E-state index contributed by atoms with van der Waals surface area (Å²) >= 11 is 0. The van der Waals surface area contributed by atoms with Gasteiger partial charge in [0.2, 0.25) is 0 Å². The quantitative estimate of drug-likeness (QED) is 0.597. The number of rotatable bonds is 6. The third-order valence-electron chi connectivity index (χ3n) is 3.12. The summed E-state index contributed by atoms with van der Waals surface area (Å²) in [6.45, 7) is 4.35. The second-order valence-electron chi connectivity index (χ2n) is 5.34. The van der Waals surface area contributed by atoms with Crippen molar-refractivity contribution in [1.29, 1.82) is 0 Å². The van der Waals surface area contributed by atoms with Gasteiger partial charge >= 0.3 is 0 Å². The average molecular weight is 250 g/mol. The fraction of sp³-hybridized carbons (Fsp3) is 0.692. The van der Waals surface area contributed by atoms with Crippen molar-refractivity contribution in [3.8, 4) is 0 Å². The molecule has 3 N–H and O–H groups in total. The Morgan fingerprint density at radius 3 is 2.67 bits per heavy atom. The van der Waals surface area contributed by atoms with E-state index in [2.05, 4.69) is 29.2 Å². The van der Waals surface area contributed by atoms with Crippen LogP contribution in [-0.2, 0) is 11.2 Å². The molecule has 1 aliphatic carbocycles. The van der Waals surface area contributed by atoms with Gasteiger partial charge in [0.15, 0.2) is 5.82 Å². The van der Waals surface area contributed by atoms with E-state index in [-0.39, 0.29) is 6.10 Å². The van der Waals surface area contributed by atoms with Gasteiger partial charge in [-0.1, -0.05) is 13.8 Å². The van der Waals surface area contributed by atoms with Crippen LogP contribution in [0.1, 0.15) is 44.3 Å². The maximum absolute atomic E-state index is 5.53. The summed E-state index contributed by atoms with van der Waals surface area (Å²) in [7, 11) is 1.72. The molecule has 2 rings (SSSR count). The Morgan fingerprint density at radius 2 is 2.17 bits per heavy atom. The number of hydrazine groups is 1. The monoisotopic (exact) mass is 250 g/mol. The number of methoxy groups -OCH3 is 1. The van der Waals surface area contributed by atoms with Gasteiger partial charge in [-0.3, -0.25) is 0 Å². The van der Waals surface area contributed by atoms with Crippen LogP contribution in [0.2, 0.25) is 0 Å². The first-order valence-corrected chi connectivity index (χ1v) is 6.51. The lowest BCUT2D eigenvalue weighted by Gasteiger charge is -2.15. The van der Waals surface area contributed by atoms with Crippen LogP contribution in [0.3, 0.4) is 0 Å². The van der Waals surface area contributed by atoms with Crippen LogP contribution in [0, 0.1) is 11.8 Å². The summed E-state index contributed by atoms with van der Waals surface area (Å²) in [5.74, 6) is 8.01. The van der Waals surface area contributed by atoms with Crippen molar-refractivity contribution in [2.45, 2.75) is 39.2 Å². The first-order chi connectivity index (χ1) is 8.63. The van der Waals surface area contributed by atoms with Crippen molar-refractivity contribution >= 4 is 5.82 Å². The van der Waals surface area contributed by atoms with Crippen LogP contribution in [-0.4, -0.2) is 17.1 Å². The molecule has 5 heteroatoms. The van der Waals surface area contributed by atoms with Gasteiger partial charge in [-0.05, 0) is 31.1 Å². The van der Waals surface area contributed by atoms with Crippen molar-refractivity contribution in [2.75, 3.05) is 12.5 Å². The van der Waals surface area contributed by atoms with E-state index in [0.29, 0.717) is 17.7 Å². The summed E-state index contributed by atoms with van der Waals surface area (Å²) in [4.78, 5) is 9.04. The molecule has 0 saturated heterocycles. The van der Waals surface area contributed by atoms with Gasteiger partial charge in [-0.15, -0.1) is 0 Å². The van der Waals surface area contributed by atoms with Crippen molar-refractivity contribution in [3.63, 3.8) is 0 Å². The molecule has 1 aromatic heterocycles.